The van der Waals surface area contributed by atoms with E-state index >= 15 is 0 Å². The number of benzene rings is 3. The Kier molecular flexibility index (Phi) is 9.87. The van der Waals surface area contributed by atoms with E-state index in [4.69, 9.17) is 18.9 Å². The fourth-order valence-electron chi connectivity index (χ4n) is 5.83. The van der Waals surface area contributed by atoms with Crippen LogP contribution in [0.2, 0.25) is 0 Å². The van der Waals surface area contributed by atoms with Gasteiger partial charge in [0.05, 0.1) is 13.2 Å². The molecule has 4 rings (SSSR count). The Hall–Kier alpha value is -3.64. The Morgan fingerprint density at radius 1 is 0.854 bits per heavy atom. The molecule has 5 atom stereocenters. The van der Waals surface area contributed by atoms with Gasteiger partial charge in [-0.1, -0.05) is 63.2 Å². The molecule has 0 aromatic heterocycles. The molecule has 6 heteroatoms. The highest BCUT2D eigenvalue weighted by molar-refractivity contribution is 5.71. The quantitative estimate of drug-likeness (QED) is 0.259. The van der Waals surface area contributed by atoms with E-state index in [0.717, 1.165) is 52.8 Å². The summed E-state index contributed by atoms with van der Waals surface area (Å²) in [6.07, 6.45) is 0.269. The minimum Gasteiger partial charge on any atom is -0.497 e. The van der Waals surface area contributed by atoms with Gasteiger partial charge in [0.2, 0.25) is 0 Å². The Labute approximate surface area is 244 Å². The Bertz CT molecular complexity index is 1340. The molecule has 1 saturated heterocycles. The van der Waals surface area contributed by atoms with Crippen LogP contribution in [0.5, 0.6) is 5.75 Å². The van der Waals surface area contributed by atoms with Crippen molar-refractivity contribution < 1.29 is 28.5 Å². The van der Waals surface area contributed by atoms with Crippen LogP contribution in [0, 0.1) is 12.8 Å². The molecule has 0 bridgehead atoms. The number of carbonyl (C=O) groups excluding carboxylic acids is 2. The van der Waals surface area contributed by atoms with Gasteiger partial charge in [-0.15, -0.1) is 0 Å². The molecular formula is C35H42O6. The number of ether oxygens (including phenoxy) is 4. The summed E-state index contributed by atoms with van der Waals surface area (Å²) in [5, 5.41) is 0. The molecule has 1 aliphatic heterocycles. The third-order valence-electron chi connectivity index (χ3n) is 8.15. The van der Waals surface area contributed by atoms with Crippen molar-refractivity contribution in [3.63, 3.8) is 0 Å². The maximum Gasteiger partial charge on any atom is 0.303 e. The van der Waals surface area contributed by atoms with Crippen molar-refractivity contribution >= 4 is 11.9 Å². The van der Waals surface area contributed by atoms with Crippen molar-refractivity contribution in [2.75, 3.05) is 7.11 Å². The summed E-state index contributed by atoms with van der Waals surface area (Å²) < 4.78 is 23.7. The van der Waals surface area contributed by atoms with Crippen molar-refractivity contribution in [3.05, 3.63) is 88.5 Å². The van der Waals surface area contributed by atoms with Crippen molar-refractivity contribution in [1.82, 2.24) is 0 Å². The number of esters is 2. The molecule has 0 aliphatic carbocycles. The molecule has 0 amide bonds. The molecule has 1 fully saturated rings. The first kappa shape index (κ1) is 30.3. The minimum absolute atomic E-state index is 0.146. The first-order valence-corrected chi connectivity index (χ1v) is 14.5. The molecule has 6 nitrogen and oxygen atoms in total. The fraction of sp³-hybridized carbons (Fsp3) is 0.429. The Morgan fingerprint density at radius 2 is 1.46 bits per heavy atom. The summed E-state index contributed by atoms with van der Waals surface area (Å²) in [6.45, 7) is 11.1. The molecule has 0 radical (unpaired) electrons. The molecule has 1 aliphatic rings. The van der Waals surface area contributed by atoms with Gasteiger partial charge in [0.25, 0.3) is 0 Å². The maximum atomic E-state index is 12.3. The Balaban J connectivity index is 1.87. The van der Waals surface area contributed by atoms with E-state index in [1.807, 2.05) is 19.1 Å². The van der Waals surface area contributed by atoms with E-state index in [-0.39, 0.29) is 12.0 Å². The van der Waals surface area contributed by atoms with Gasteiger partial charge in [-0.3, -0.25) is 9.59 Å². The van der Waals surface area contributed by atoms with Crippen LogP contribution in [0.4, 0.5) is 0 Å². The molecule has 41 heavy (non-hydrogen) atoms. The van der Waals surface area contributed by atoms with Gasteiger partial charge in [0.1, 0.15) is 18.0 Å². The van der Waals surface area contributed by atoms with Crippen molar-refractivity contribution in [2.45, 2.75) is 85.2 Å². The summed E-state index contributed by atoms with van der Waals surface area (Å²) in [4.78, 5) is 24.5. The average Bonchev–Trinajstić information content (AvgIpc) is 2.96. The van der Waals surface area contributed by atoms with Gasteiger partial charge in [-0.2, -0.15) is 0 Å². The molecule has 3 aromatic rings. The van der Waals surface area contributed by atoms with Gasteiger partial charge in [-0.05, 0) is 83.3 Å². The zero-order valence-corrected chi connectivity index (χ0v) is 25.2. The number of rotatable bonds is 9. The van der Waals surface area contributed by atoms with Gasteiger partial charge in [0.15, 0.2) is 6.10 Å². The number of hydrogen-bond acceptors (Lipinski definition) is 6. The van der Waals surface area contributed by atoms with Crippen LogP contribution in [0.1, 0.15) is 75.0 Å². The van der Waals surface area contributed by atoms with Gasteiger partial charge in [-0.25, -0.2) is 0 Å². The maximum absolute atomic E-state index is 12.3. The van der Waals surface area contributed by atoms with E-state index in [0.29, 0.717) is 0 Å². The monoisotopic (exact) mass is 558 g/mol. The molecule has 0 N–H and O–H groups in total. The Morgan fingerprint density at radius 3 is 2.02 bits per heavy atom. The first-order valence-electron chi connectivity index (χ1n) is 14.5. The summed E-state index contributed by atoms with van der Waals surface area (Å²) in [5.74, 6) is -0.212. The molecule has 0 unspecified atom stereocenters. The fourth-order valence-corrected chi connectivity index (χ4v) is 5.83. The summed E-state index contributed by atoms with van der Waals surface area (Å²) in [7, 11) is 1.66. The highest BCUT2D eigenvalue weighted by Crippen LogP contribution is 2.42. The first-order chi connectivity index (χ1) is 19.6. The van der Waals surface area contributed by atoms with Crippen LogP contribution in [0.25, 0.3) is 11.1 Å². The molecule has 0 saturated carbocycles. The van der Waals surface area contributed by atoms with Gasteiger partial charge >= 0.3 is 11.9 Å². The van der Waals surface area contributed by atoms with Crippen LogP contribution in [0.3, 0.4) is 0 Å². The summed E-state index contributed by atoms with van der Waals surface area (Å²) in [5.41, 5.74) is 7.82. The van der Waals surface area contributed by atoms with Crippen molar-refractivity contribution in [2.24, 2.45) is 5.92 Å². The van der Waals surface area contributed by atoms with Crippen LogP contribution >= 0.6 is 0 Å². The highest BCUT2D eigenvalue weighted by atomic mass is 16.6. The molecule has 3 aromatic carbocycles. The van der Waals surface area contributed by atoms with Crippen molar-refractivity contribution in [3.8, 4) is 16.9 Å². The van der Waals surface area contributed by atoms with Crippen LogP contribution in [0.15, 0.2) is 60.7 Å². The van der Waals surface area contributed by atoms with E-state index in [9.17, 15) is 9.59 Å². The van der Waals surface area contributed by atoms with Gasteiger partial charge < -0.3 is 18.9 Å². The average molecular weight is 559 g/mol. The number of methoxy groups -OCH3 is 1. The molecule has 218 valence electrons. The highest BCUT2D eigenvalue weighted by Gasteiger charge is 2.48. The largest absolute Gasteiger partial charge is 0.497 e. The standard InChI is InChI=1S/C35H42O6/c1-8-25-10-12-26(13-11-25)18-28-19-29(20-31(21(28)3)27-14-16-30(38-7)17-15-27)34-35(40-24(6)37)33(39-23(5)36)22(4)32(9-2)41-34/h10-17,19-20,22,32-35H,8-9,18H2,1-7H3/t22-,32-,33+,34+,35-/m1/s1. The lowest BCUT2D eigenvalue weighted by Gasteiger charge is -2.44. The van der Waals surface area contributed by atoms with E-state index < -0.39 is 30.3 Å². The second kappa shape index (κ2) is 13.3. The lowest BCUT2D eigenvalue weighted by molar-refractivity contribution is -0.225. The summed E-state index contributed by atoms with van der Waals surface area (Å²) >= 11 is 0. The number of carbonyl (C=O) groups is 2. The zero-order chi connectivity index (χ0) is 29.7. The predicted molar refractivity (Wildman–Crippen MR) is 160 cm³/mol. The summed E-state index contributed by atoms with van der Waals surface area (Å²) in [6, 6.07) is 21.0. The minimum atomic E-state index is -0.780. The van der Waals surface area contributed by atoms with E-state index in [2.05, 4.69) is 69.3 Å². The van der Waals surface area contributed by atoms with Crippen molar-refractivity contribution in [1.29, 1.82) is 0 Å². The lowest BCUT2D eigenvalue weighted by Crippen LogP contribution is -2.52. The number of aryl methyl sites for hydroxylation is 1. The van der Waals surface area contributed by atoms with Crippen LogP contribution in [-0.4, -0.2) is 37.4 Å². The van der Waals surface area contributed by atoms with Crippen LogP contribution in [-0.2, 0) is 36.6 Å². The zero-order valence-electron chi connectivity index (χ0n) is 25.2. The second-order valence-corrected chi connectivity index (χ2v) is 10.9. The molecular weight excluding hydrogens is 516 g/mol. The van der Waals surface area contributed by atoms with Gasteiger partial charge in [0, 0.05) is 19.8 Å². The smallest absolute Gasteiger partial charge is 0.303 e. The predicted octanol–water partition coefficient (Wildman–Crippen LogP) is 7.17. The lowest BCUT2D eigenvalue weighted by atomic mass is 9.82. The molecule has 0 spiro atoms. The third kappa shape index (κ3) is 6.99. The topological polar surface area (TPSA) is 71.1 Å². The van der Waals surface area contributed by atoms with Crippen LogP contribution < -0.4 is 4.74 Å². The normalized spacial score (nSPS) is 22.2. The second-order valence-electron chi connectivity index (χ2n) is 10.9. The number of hydrogen-bond donors (Lipinski definition) is 0. The third-order valence-corrected chi connectivity index (χ3v) is 8.15. The molecule has 1 heterocycles. The van der Waals surface area contributed by atoms with E-state index in [1.54, 1.807) is 7.11 Å². The SMILES string of the molecule is CCc1ccc(Cc2cc([C@@H]3O[C@H](CC)[C@@H](C)[C@H](OC(C)=O)[C@H]3OC(C)=O)cc(-c3ccc(OC)cc3)c2C)cc1. The van der Waals surface area contributed by atoms with E-state index in [1.165, 1.54) is 25.0 Å².